The van der Waals surface area contributed by atoms with Crippen molar-refractivity contribution in [2.24, 2.45) is 40.4 Å². The van der Waals surface area contributed by atoms with Crippen molar-refractivity contribution in [3.05, 3.63) is 0 Å². The van der Waals surface area contributed by atoms with E-state index in [4.69, 9.17) is 9.47 Å². The zero-order chi connectivity index (χ0) is 21.8. The van der Waals surface area contributed by atoms with Gasteiger partial charge in [0.15, 0.2) is 0 Å². The number of fused-ring (bicyclic) bond motifs is 5. The maximum atomic E-state index is 12.5. The van der Waals surface area contributed by atoms with Crippen molar-refractivity contribution in [2.75, 3.05) is 0 Å². The summed E-state index contributed by atoms with van der Waals surface area (Å²) in [5.41, 5.74) is 0.0284. The van der Waals surface area contributed by atoms with Gasteiger partial charge in [0.05, 0.1) is 0 Å². The van der Waals surface area contributed by atoms with Gasteiger partial charge in [-0.25, -0.2) is 0 Å². The second-order valence-electron chi connectivity index (χ2n) is 11.2. The molecule has 0 aromatic rings. The average molecular weight is 419 g/mol. The van der Waals surface area contributed by atoms with Gasteiger partial charge in [-0.1, -0.05) is 13.8 Å². The lowest BCUT2D eigenvalue weighted by Crippen LogP contribution is -2.60. The van der Waals surface area contributed by atoms with Crippen molar-refractivity contribution >= 4 is 17.7 Å². The summed E-state index contributed by atoms with van der Waals surface area (Å²) in [6.45, 7) is 9.43. The molecule has 4 saturated carbocycles. The summed E-state index contributed by atoms with van der Waals surface area (Å²) >= 11 is 0. The van der Waals surface area contributed by atoms with Gasteiger partial charge in [-0.2, -0.15) is 0 Å². The third-order valence-electron chi connectivity index (χ3n) is 9.66. The number of hydrogen-bond acceptors (Lipinski definition) is 5. The van der Waals surface area contributed by atoms with E-state index in [-0.39, 0.29) is 40.9 Å². The van der Waals surface area contributed by atoms with Crippen LogP contribution in [0.5, 0.6) is 0 Å². The van der Waals surface area contributed by atoms with Gasteiger partial charge in [-0.3, -0.25) is 14.4 Å². The molecule has 4 fully saturated rings. The monoisotopic (exact) mass is 418 g/mol. The molecular formula is C25H38O5. The van der Waals surface area contributed by atoms with Crippen molar-refractivity contribution < 1.29 is 23.9 Å². The van der Waals surface area contributed by atoms with Crippen LogP contribution in [0.3, 0.4) is 0 Å². The predicted octanol–water partition coefficient (Wildman–Crippen LogP) is 4.71. The molecule has 4 aliphatic rings. The number of Topliss-reactive ketones (excluding diaryl/α,β-unsaturated/α-hetero) is 1. The zero-order valence-corrected chi connectivity index (χ0v) is 19.2. The number of ether oxygens (including phenoxy) is 2. The Morgan fingerprint density at radius 2 is 1.53 bits per heavy atom. The summed E-state index contributed by atoms with van der Waals surface area (Å²) in [4.78, 5) is 36.0. The molecule has 0 saturated heterocycles. The highest BCUT2D eigenvalue weighted by molar-refractivity contribution is 5.79. The second kappa shape index (κ2) is 7.63. The molecule has 5 nitrogen and oxygen atoms in total. The van der Waals surface area contributed by atoms with Crippen molar-refractivity contribution in [1.29, 1.82) is 0 Å². The lowest BCUT2D eigenvalue weighted by Gasteiger charge is -2.62. The summed E-state index contributed by atoms with van der Waals surface area (Å²) < 4.78 is 11.6. The van der Waals surface area contributed by atoms with Gasteiger partial charge < -0.3 is 9.47 Å². The molecule has 5 heteroatoms. The van der Waals surface area contributed by atoms with Crippen LogP contribution in [-0.4, -0.2) is 29.9 Å². The maximum absolute atomic E-state index is 12.5. The Morgan fingerprint density at radius 1 is 0.833 bits per heavy atom. The van der Waals surface area contributed by atoms with Gasteiger partial charge in [-0.15, -0.1) is 0 Å². The molecule has 0 amide bonds. The fourth-order valence-corrected chi connectivity index (χ4v) is 8.64. The molecule has 0 radical (unpaired) electrons. The van der Waals surface area contributed by atoms with Crippen LogP contribution in [-0.2, 0) is 23.9 Å². The first kappa shape index (κ1) is 21.8. The Labute approximate surface area is 180 Å². The standard InChI is InChI=1S/C25H38O5/c1-14(26)20-8-9-21-19-7-6-17-12-18(29-15(2)27)10-11-24(17,4)23(19)22(30-16(3)28)13-25(20,21)5/h17-23H,6-13H2,1-5H3/t17-,18-,19-,20+,21-,22+,23+,24-,25+/m0/s1. The van der Waals surface area contributed by atoms with Crippen LogP contribution < -0.4 is 0 Å². The Morgan fingerprint density at radius 3 is 2.17 bits per heavy atom. The molecule has 168 valence electrons. The van der Waals surface area contributed by atoms with Gasteiger partial charge in [0, 0.05) is 25.7 Å². The summed E-state index contributed by atoms with van der Waals surface area (Å²) in [5, 5.41) is 0. The number of carbonyl (C=O) groups is 3. The number of ketones is 1. The Bertz CT molecular complexity index is 731. The molecule has 0 aromatic carbocycles. The van der Waals surface area contributed by atoms with E-state index in [0.29, 0.717) is 29.5 Å². The lowest BCUT2D eigenvalue weighted by molar-refractivity contribution is -0.200. The Balaban J connectivity index is 1.66. The zero-order valence-electron chi connectivity index (χ0n) is 19.2. The fraction of sp³-hybridized carbons (Fsp3) is 0.880. The van der Waals surface area contributed by atoms with Crippen LogP contribution in [0.25, 0.3) is 0 Å². The first-order valence-corrected chi connectivity index (χ1v) is 11.9. The van der Waals surface area contributed by atoms with Crippen LogP contribution in [0.15, 0.2) is 0 Å². The molecule has 0 aromatic heterocycles. The highest BCUT2D eigenvalue weighted by atomic mass is 16.5. The number of esters is 2. The van der Waals surface area contributed by atoms with E-state index >= 15 is 0 Å². The van der Waals surface area contributed by atoms with E-state index in [0.717, 1.165) is 51.4 Å². The van der Waals surface area contributed by atoms with E-state index in [2.05, 4.69) is 13.8 Å². The molecule has 0 N–H and O–H groups in total. The van der Waals surface area contributed by atoms with Gasteiger partial charge >= 0.3 is 11.9 Å². The molecule has 0 aliphatic heterocycles. The summed E-state index contributed by atoms with van der Waals surface area (Å²) in [6.07, 6.45) is 7.88. The molecular weight excluding hydrogens is 380 g/mol. The van der Waals surface area contributed by atoms with E-state index in [1.165, 1.54) is 13.8 Å². The minimum Gasteiger partial charge on any atom is -0.463 e. The highest BCUT2D eigenvalue weighted by Crippen LogP contribution is 2.68. The van der Waals surface area contributed by atoms with E-state index in [1.54, 1.807) is 6.92 Å². The van der Waals surface area contributed by atoms with Crippen molar-refractivity contribution in [2.45, 2.75) is 98.2 Å². The molecule has 9 atom stereocenters. The smallest absolute Gasteiger partial charge is 0.302 e. The quantitative estimate of drug-likeness (QED) is 0.621. The highest BCUT2D eigenvalue weighted by Gasteiger charge is 2.64. The Kier molecular flexibility index (Phi) is 5.55. The minimum absolute atomic E-state index is 0.0201. The third kappa shape index (κ3) is 3.40. The lowest BCUT2D eigenvalue weighted by atomic mass is 9.43. The van der Waals surface area contributed by atoms with E-state index in [1.807, 2.05) is 0 Å². The van der Waals surface area contributed by atoms with Gasteiger partial charge in [0.1, 0.15) is 18.0 Å². The number of hydrogen-bond donors (Lipinski definition) is 0. The van der Waals surface area contributed by atoms with E-state index in [9.17, 15) is 14.4 Å². The summed E-state index contributed by atoms with van der Waals surface area (Å²) in [6, 6.07) is 0. The first-order valence-electron chi connectivity index (χ1n) is 11.9. The van der Waals surface area contributed by atoms with Crippen LogP contribution in [0.1, 0.15) is 86.0 Å². The van der Waals surface area contributed by atoms with Gasteiger partial charge in [0.2, 0.25) is 0 Å². The molecule has 0 heterocycles. The largest absolute Gasteiger partial charge is 0.463 e. The maximum Gasteiger partial charge on any atom is 0.302 e. The molecule has 4 aliphatic carbocycles. The summed E-state index contributed by atoms with van der Waals surface area (Å²) in [5.74, 6) is 1.85. The SMILES string of the molecule is CC(=O)O[C@H]1CC[C@@]2(C)[C@@H](CC[C@@H]3[C@@H]2[C@H](OC(C)=O)C[C@]2(C)[C@@H](C(C)=O)CC[C@@H]32)C1. The molecule has 0 bridgehead atoms. The minimum atomic E-state index is -0.211. The van der Waals surface area contributed by atoms with E-state index < -0.39 is 0 Å². The van der Waals surface area contributed by atoms with Crippen molar-refractivity contribution in [3.8, 4) is 0 Å². The third-order valence-corrected chi connectivity index (χ3v) is 9.66. The van der Waals surface area contributed by atoms with Gasteiger partial charge in [0.25, 0.3) is 0 Å². The van der Waals surface area contributed by atoms with Crippen LogP contribution in [0, 0.1) is 40.4 Å². The fourth-order valence-electron chi connectivity index (χ4n) is 8.64. The number of carbonyl (C=O) groups excluding carboxylic acids is 3. The predicted molar refractivity (Wildman–Crippen MR) is 112 cm³/mol. The normalized spacial score (nSPS) is 47.4. The van der Waals surface area contributed by atoms with Crippen LogP contribution in [0.4, 0.5) is 0 Å². The topological polar surface area (TPSA) is 69.7 Å². The molecule has 0 unspecified atom stereocenters. The molecule has 4 rings (SSSR count). The molecule has 0 spiro atoms. The van der Waals surface area contributed by atoms with Crippen LogP contribution >= 0.6 is 0 Å². The second-order valence-corrected chi connectivity index (χ2v) is 11.2. The average Bonchev–Trinajstić information content (AvgIpc) is 2.97. The van der Waals surface area contributed by atoms with Gasteiger partial charge in [-0.05, 0) is 86.9 Å². The first-order chi connectivity index (χ1) is 14.1. The summed E-state index contributed by atoms with van der Waals surface area (Å²) in [7, 11) is 0. The Hall–Kier alpha value is -1.39. The molecule has 30 heavy (non-hydrogen) atoms. The van der Waals surface area contributed by atoms with Crippen molar-refractivity contribution in [3.63, 3.8) is 0 Å². The van der Waals surface area contributed by atoms with Crippen LogP contribution in [0.2, 0.25) is 0 Å². The number of rotatable bonds is 3. The van der Waals surface area contributed by atoms with Crippen molar-refractivity contribution in [1.82, 2.24) is 0 Å².